The monoisotopic (exact) mass is 400 g/mol. The van der Waals surface area contributed by atoms with E-state index >= 15 is 0 Å². The smallest absolute Gasteiger partial charge is 0.233 e. The molecule has 1 saturated heterocycles. The highest BCUT2D eigenvalue weighted by molar-refractivity contribution is 7.99. The Bertz CT molecular complexity index is 896. The number of carbonyl (C=O) groups is 1. The van der Waals surface area contributed by atoms with E-state index in [0.717, 1.165) is 47.4 Å². The summed E-state index contributed by atoms with van der Waals surface area (Å²) in [5, 5.41) is 9.40. The molecule has 0 radical (unpaired) electrons. The first-order chi connectivity index (χ1) is 13.7. The molecule has 0 bridgehead atoms. The van der Waals surface area contributed by atoms with Crippen LogP contribution in [0.1, 0.15) is 49.0 Å². The third-order valence-electron chi connectivity index (χ3n) is 5.66. The number of ether oxygens (including phenoxy) is 2. The van der Waals surface area contributed by atoms with Crippen molar-refractivity contribution in [2.45, 2.75) is 42.8 Å². The van der Waals surface area contributed by atoms with Gasteiger partial charge in [0.2, 0.25) is 5.91 Å². The van der Waals surface area contributed by atoms with Gasteiger partial charge in [0.05, 0.1) is 11.8 Å². The molecule has 3 aliphatic rings. The summed E-state index contributed by atoms with van der Waals surface area (Å²) in [5.41, 5.74) is 1.12. The lowest BCUT2D eigenvalue weighted by molar-refractivity contribution is -0.129. The van der Waals surface area contributed by atoms with Crippen molar-refractivity contribution in [2.24, 2.45) is 7.05 Å². The summed E-state index contributed by atoms with van der Waals surface area (Å²) in [6, 6.07) is 6.15. The Labute approximate surface area is 168 Å². The van der Waals surface area contributed by atoms with Gasteiger partial charge in [0.15, 0.2) is 16.7 Å². The summed E-state index contributed by atoms with van der Waals surface area (Å²) in [5.74, 6) is 3.71. The lowest BCUT2D eigenvalue weighted by Gasteiger charge is -2.26. The number of nitrogens with zero attached hydrogens (tertiary/aromatic N) is 4. The van der Waals surface area contributed by atoms with Gasteiger partial charge in [-0.25, -0.2) is 0 Å². The van der Waals surface area contributed by atoms with Crippen LogP contribution in [0.4, 0.5) is 0 Å². The van der Waals surface area contributed by atoms with Crippen molar-refractivity contribution in [3.63, 3.8) is 0 Å². The Balaban J connectivity index is 1.26. The van der Waals surface area contributed by atoms with E-state index in [1.807, 2.05) is 28.6 Å². The molecule has 0 N–H and O–H groups in total. The number of thioether (sulfide) groups is 1. The van der Waals surface area contributed by atoms with E-state index < -0.39 is 0 Å². The van der Waals surface area contributed by atoms with E-state index in [4.69, 9.17) is 9.47 Å². The first kappa shape index (κ1) is 17.8. The van der Waals surface area contributed by atoms with Crippen LogP contribution < -0.4 is 9.47 Å². The lowest BCUT2D eigenvalue weighted by atomic mass is 10.0. The fraction of sp³-hybridized carbons (Fsp3) is 0.550. The maximum absolute atomic E-state index is 12.9. The van der Waals surface area contributed by atoms with E-state index in [1.54, 1.807) is 0 Å². The quantitative estimate of drug-likeness (QED) is 0.719. The first-order valence-corrected chi connectivity index (χ1v) is 10.9. The molecule has 1 atom stereocenters. The van der Waals surface area contributed by atoms with Crippen molar-refractivity contribution >= 4 is 17.7 Å². The van der Waals surface area contributed by atoms with Crippen molar-refractivity contribution in [3.8, 4) is 11.5 Å². The molecule has 0 spiro atoms. The van der Waals surface area contributed by atoms with Gasteiger partial charge in [0, 0.05) is 19.5 Å². The predicted molar refractivity (Wildman–Crippen MR) is 105 cm³/mol. The van der Waals surface area contributed by atoms with E-state index in [9.17, 15) is 4.79 Å². The topological polar surface area (TPSA) is 69.5 Å². The fourth-order valence-corrected chi connectivity index (χ4v) is 4.84. The Morgan fingerprint density at radius 3 is 2.82 bits per heavy atom. The fourth-order valence-electron chi connectivity index (χ4n) is 4.04. The van der Waals surface area contributed by atoms with E-state index in [-0.39, 0.29) is 11.9 Å². The lowest BCUT2D eigenvalue weighted by Crippen LogP contribution is -2.32. The Morgan fingerprint density at radius 1 is 1.18 bits per heavy atom. The molecular formula is C20H24N4O3S. The van der Waals surface area contributed by atoms with Crippen LogP contribution in [0.5, 0.6) is 11.5 Å². The van der Waals surface area contributed by atoms with Crippen LogP contribution in [-0.2, 0) is 11.8 Å². The molecule has 0 unspecified atom stereocenters. The van der Waals surface area contributed by atoms with Crippen LogP contribution in [0.25, 0.3) is 0 Å². The second kappa shape index (κ2) is 7.31. The highest BCUT2D eigenvalue weighted by Crippen LogP contribution is 2.40. The number of likely N-dealkylation sites (tertiary alicyclic amines) is 1. The first-order valence-electron chi connectivity index (χ1n) is 9.92. The SMILES string of the molecule is Cn1c(SCC(=O)N2CCC[C@@H]2c2ccc3c(c2)OCCO3)nnc1C1CC1. The molecule has 1 aromatic carbocycles. The minimum Gasteiger partial charge on any atom is -0.486 e. The normalized spacial score (nSPS) is 21.2. The van der Waals surface area contributed by atoms with E-state index in [1.165, 1.54) is 24.6 Å². The molecule has 2 aromatic rings. The maximum Gasteiger partial charge on any atom is 0.233 e. The molecule has 148 valence electrons. The number of rotatable bonds is 5. The Hall–Kier alpha value is -2.22. The van der Waals surface area contributed by atoms with Crippen molar-refractivity contribution in [1.29, 1.82) is 0 Å². The number of benzene rings is 1. The molecule has 7 nitrogen and oxygen atoms in total. The van der Waals surface area contributed by atoms with Gasteiger partial charge in [0.25, 0.3) is 0 Å². The van der Waals surface area contributed by atoms with Crippen LogP contribution in [0.15, 0.2) is 23.4 Å². The number of fused-ring (bicyclic) bond motifs is 1. The van der Waals surface area contributed by atoms with Crippen LogP contribution in [0.3, 0.4) is 0 Å². The summed E-state index contributed by atoms with van der Waals surface area (Å²) in [4.78, 5) is 14.9. The molecule has 3 heterocycles. The van der Waals surface area contributed by atoms with Crippen molar-refractivity contribution in [2.75, 3.05) is 25.5 Å². The van der Waals surface area contributed by atoms with E-state index in [0.29, 0.717) is 24.9 Å². The molecule has 2 fully saturated rings. The molecule has 28 heavy (non-hydrogen) atoms. The number of hydrogen-bond acceptors (Lipinski definition) is 6. The Morgan fingerprint density at radius 2 is 2.00 bits per heavy atom. The van der Waals surface area contributed by atoms with Crippen LogP contribution in [0, 0.1) is 0 Å². The van der Waals surface area contributed by atoms with Crippen molar-refractivity contribution in [3.05, 3.63) is 29.6 Å². The average molecular weight is 401 g/mol. The third-order valence-corrected chi connectivity index (χ3v) is 6.66. The summed E-state index contributed by atoms with van der Waals surface area (Å²) in [6.07, 6.45) is 4.39. The molecule has 1 aromatic heterocycles. The van der Waals surface area contributed by atoms with Crippen molar-refractivity contribution < 1.29 is 14.3 Å². The van der Waals surface area contributed by atoms with Gasteiger partial charge >= 0.3 is 0 Å². The zero-order chi connectivity index (χ0) is 19.1. The Kier molecular flexibility index (Phi) is 4.66. The predicted octanol–water partition coefficient (Wildman–Crippen LogP) is 2.92. The molecule has 8 heteroatoms. The number of carbonyl (C=O) groups excluding carboxylic acids is 1. The van der Waals surface area contributed by atoms with Gasteiger partial charge in [-0.3, -0.25) is 4.79 Å². The molecule has 5 rings (SSSR count). The summed E-state index contributed by atoms with van der Waals surface area (Å²) in [6.45, 7) is 1.95. The minimum atomic E-state index is 0.102. The molecular weight excluding hydrogens is 376 g/mol. The summed E-state index contributed by atoms with van der Waals surface area (Å²) < 4.78 is 13.4. The largest absolute Gasteiger partial charge is 0.486 e. The van der Waals surface area contributed by atoms with Gasteiger partial charge in [-0.1, -0.05) is 17.8 Å². The van der Waals surface area contributed by atoms with Gasteiger partial charge in [-0.2, -0.15) is 0 Å². The second-order valence-corrected chi connectivity index (χ2v) is 8.55. The average Bonchev–Trinajstić information content (AvgIpc) is 3.32. The minimum absolute atomic E-state index is 0.102. The maximum atomic E-state index is 12.9. The zero-order valence-electron chi connectivity index (χ0n) is 16.0. The number of amides is 1. The molecule has 1 saturated carbocycles. The third kappa shape index (κ3) is 3.34. The van der Waals surface area contributed by atoms with Crippen LogP contribution >= 0.6 is 11.8 Å². The zero-order valence-corrected chi connectivity index (χ0v) is 16.8. The van der Waals surface area contributed by atoms with Gasteiger partial charge in [-0.15, -0.1) is 10.2 Å². The molecule has 2 aliphatic heterocycles. The number of aromatic nitrogens is 3. The van der Waals surface area contributed by atoms with Gasteiger partial charge in [0.1, 0.15) is 19.0 Å². The second-order valence-electron chi connectivity index (χ2n) is 7.61. The molecule has 1 aliphatic carbocycles. The summed E-state index contributed by atoms with van der Waals surface area (Å²) >= 11 is 1.48. The molecule has 1 amide bonds. The van der Waals surface area contributed by atoms with Crippen LogP contribution in [-0.4, -0.2) is 51.1 Å². The van der Waals surface area contributed by atoms with Gasteiger partial charge < -0.3 is 18.9 Å². The standard InChI is InChI=1S/C20H24N4O3S/c1-23-19(13-4-5-13)21-22-20(23)28-12-18(25)24-8-2-3-15(24)14-6-7-16-17(11-14)27-10-9-26-16/h6-7,11,13,15H,2-5,8-10,12H2,1H3/t15-/m1/s1. The van der Waals surface area contributed by atoms with Gasteiger partial charge in [-0.05, 0) is 43.4 Å². The number of hydrogen-bond donors (Lipinski definition) is 0. The summed E-state index contributed by atoms with van der Waals surface area (Å²) in [7, 11) is 1.99. The van der Waals surface area contributed by atoms with E-state index in [2.05, 4.69) is 16.3 Å². The highest BCUT2D eigenvalue weighted by Gasteiger charge is 2.32. The highest BCUT2D eigenvalue weighted by atomic mass is 32.2. The van der Waals surface area contributed by atoms with Crippen molar-refractivity contribution in [1.82, 2.24) is 19.7 Å². The van der Waals surface area contributed by atoms with Crippen LogP contribution in [0.2, 0.25) is 0 Å².